The molecule has 84 valence electrons. The van der Waals surface area contributed by atoms with E-state index in [0.717, 1.165) is 16.3 Å². The summed E-state index contributed by atoms with van der Waals surface area (Å²) in [5.74, 6) is 0.855. The number of hydrogen-bond donors (Lipinski definition) is 0. The fourth-order valence-electron chi connectivity index (χ4n) is 1.29. The molecule has 0 saturated carbocycles. The number of thiazole rings is 1. The Kier molecular flexibility index (Phi) is 3.41. The predicted octanol–water partition coefficient (Wildman–Crippen LogP) is 3.04. The molecule has 0 N–H and O–H groups in total. The molecule has 0 spiro atoms. The van der Waals surface area contributed by atoms with Crippen LogP contribution in [-0.4, -0.2) is 12.1 Å². The van der Waals surface area contributed by atoms with Crippen molar-refractivity contribution >= 4 is 11.3 Å². The molecule has 0 bridgehead atoms. The minimum absolute atomic E-state index is 0.482. The average Bonchev–Trinajstić information content (AvgIpc) is 2.69. The molecule has 0 unspecified atom stereocenters. The van der Waals surface area contributed by atoms with Crippen LogP contribution in [0.2, 0.25) is 0 Å². The lowest BCUT2D eigenvalue weighted by Gasteiger charge is -2.03. The molecular formula is C12H13NO2S. The van der Waals surface area contributed by atoms with Crippen LogP contribution in [0.4, 0.5) is 0 Å². The lowest BCUT2D eigenvalue weighted by molar-refractivity contribution is 0.299. The summed E-state index contributed by atoms with van der Waals surface area (Å²) in [6.07, 6.45) is 0. The van der Waals surface area contributed by atoms with Crippen molar-refractivity contribution in [2.45, 2.75) is 13.5 Å². The minimum Gasteiger partial charge on any atom is -0.487 e. The molecule has 4 heteroatoms. The molecule has 1 heterocycles. The zero-order valence-electron chi connectivity index (χ0n) is 9.27. The lowest BCUT2D eigenvalue weighted by atomic mass is 10.3. The maximum absolute atomic E-state index is 5.62. The Hall–Kier alpha value is -1.55. The van der Waals surface area contributed by atoms with Crippen molar-refractivity contribution < 1.29 is 9.47 Å². The Morgan fingerprint density at radius 3 is 2.62 bits per heavy atom. The highest BCUT2D eigenvalue weighted by molar-refractivity contribution is 7.13. The third kappa shape index (κ3) is 2.52. The highest BCUT2D eigenvalue weighted by Crippen LogP contribution is 2.24. The van der Waals surface area contributed by atoms with E-state index in [1.165, 1.54) is 11.3 Å². The number of aromatic nitrogens is 1. The number of ether oxygens (including phenoxy) is 2. The zero-order chi connectivity index (χ0) is 11.4. The van der Waals surface area contributed by atoms with E-state index in [2.05, 4.69) is 4.98 Å². The van der Waals surface area contributed by atoms with Crippen LogP contribution in [0.5, 0.6) is 10.9 Å². The molecule has 0 amide bonds. The maximum Gasteiger partial charge on any atom is 0.273 e. The number of para-hydroxylation sites is 1. The van der Waals surface area contributed by atoms with Gasteiger partial charge in [-0.05, 0) is 19.1 Å². The van der Waals surface area contributed by atoms with Crippen LogP contribution in [-0.2, 0) is 6.61 Å². The zero-order valence-corrected chi connectivity index (χ0v) is 10.1. The topological polar surface area (TPSA) is 31.4 Å². The van der Waals surface area contributed by atoms with Crippen LogP contribution in [0.15, 0.2) is 30.3 Å². The van der Waals surface area contributed by atoms with Crippen molar-refractivity contribution in [3.63, 3.8) is 0 Å². The van der Waals surface area contributed by atoms with Gasteiger partial charge in [-0.3, -0.25) is 0 Å². The first kappa shape index (κ1) is 11.0. The SMILES string of the molecule is COc1nc(COc2ccccc2)c(C)s1. The van der Waals surface area contributed by atoms with E-state index in [1.54, 1.807) is 7.11 Å². The van der Waals surface area contributed by atoms with E-state index in [9.17, 15) is 0 Å². The Morgan fingerprint density at radius 2 is 2.00 bits per heavy atom. The molecular weight excluding hydrogens is 222 g/mol. The van der Waals surface area contributed by atoms with Crippen molar-refractivity contribution in [2.24, 2.45) is 0 Å². The fourth-order valence-corrected chi connectivity index (χ4v) is 2.01. The van der Waals surface area contributed by atoms with E-state index in [1.807, 2.05) is 37.3 Å². The van der Waals surface area contributed by atoms with Crippen LogP contribution in [0.3, 0.4) is 0 Å². The lowest BCUT2D eigenvalue weighted by Crippen LogP contribution is -1.97. The molecule has 1 aromatic carbocycles. The maximum atomic E-state index is 5.62. The second-order valence-corrected chi connectivity index (χ2v) is 4.45. The van der Waals surface area contributed by atoms with Crippen molar-refractivity contribution in [3.05, 3.63) is 40.9 Å². The molecule has 0 radical (unpaired) electrons. The first-order chi connectivity index (χ1) is 7.79. The number of rotatable bonds is 4. The van der Waals surface area contributed by atoms with Gasteiger partial charge in [0.05, 0.1) is 12.8 Å². The van der Waals surface area contributed by atoms with Gasteiger partial charge in [0.2, 0.25) is 0 Å². The van der Waals surface area contributed by atoms with Gasteiger partial charge in [-0.2, -0.15) is 0 Å². The fraction of sp³-hybridized carbons (Fsp3) is 0.250. The second-order valence-electron chi connectivity index (χ2n) is 3.29. The molecule has 0 saturated heterocycles. The molecule has 2 aromatic rings. The van der Waals surface area contributed by atoms with Crippen molar-refractivity contribution in [1.29, 1.82) is 0 Å². The Morgan fingerprint density at radius 1 is 1.25 bits per heavy atom. The summed E-state index contributed by atoms with van der Waals surface area (Å²) in [5, 5.41) is 0.684. The minimum atomic E-state index is 0.482. The van der Waals surface area contributed by atoms with Crippen molar-refractivity contribution in [3.8, 4) is 10.9 Å². The normalized spacial score (nSPS) is 10.1. The van der Waals surface area contributed by atoms with Gasteiger partial charge in [0.25, 0.3) is 5.19 Å². The van der Waals surface area contributed by atoms with Crippen LogP contribution in [0.25, 0.3) is 0 Å². The van der Waals surface area contributed by atoms with Gasteiger partial charge in [0.15, 0.2) is 0 Å². The Balaban J connectivity index is 2.02. The van der Waals surface area contributed by atoms with E-state index in [0.29, 0.717) is 11.8 Å². The van der Waals surface area contributed by atoms with Gasteiger partial charge in [-0.15, -0.1) is 0 Å². The number of aryl methyl sites for hydroxylation is 1. The third-order valence-electron chi connectivity index (χ3n) is 2.17. The van der Waals surface area contributed by atoms with Gasteiger partial charge >= 0.3 is 0 Å². The predicted molar refractivity (Wildman–Crippen MR) is 64.2 cm³/mol. The summed E-state index contributed by atoms with van der Waals surface area (Å²) < 4.78 is 10.7. The first-order valence-electron chi connectivity index (χ1n) is 4.97. The Labute approximate surface area is 98.7 Å². The van der Waals surface area contributed by atoms with Gasteiger partial charge in [-0.25, -0.2) is 4.98 Å². The monoisotopic (exact) mass is 235 g/mol. The summed E-state index contributed by atoms with van der Waals surface area (Å²) >= 11 is 1.54. The number of methoxy groups -OCH3 is 1. The van der Waals surface area contributed by atoms with E-state index >= 15 is 0 Å². The van der Waals surface area contributed by atoms with Crippen LogP contribution >= 0.6 is 11.3 Å². The number of nitrogens with zero attached hydrogens (tertiary/aromatic N) is 1. The summed E-state index contributed by atoms with van der Waals surface area (Å²) in [6, 6.07) is 9.72. The molecule has 0 atom stereocenters. The van der Waals surface area contributed by atoms with E-state index in [4.69, 9.17) is 9.47 Å². The van der Waals surface area contributed by atoms with Gasteiger partial charge in [0, 0.05) is 4.88 Å². The summed E-state index contributed by atoms with van der Waals surface area (Å²) in [5.41, 5.74) is 0.936. The highest BCUT2D eigenvalue weighted by atomic mass is 32.1. The van der Waals surface area contributed by atoms with Crippen LogP contribution in [0.1, 0.15) is 10.6 Å². The molecule has 0 aliphatic rings. The molecule has 0 aliphatic heterocycles. The van der Waals surface area contributed by atoms with Gasteiger partial charge < -0.3 is 9.47 Å². The number of benzene rings is 1. The molecule has 1 aromatic heterocycles. The smallest absolute Gasteiger partial charge is 0.273 e. The number of hydrogen-bond acceptors (Lipinski definition) is 4. The first-order valence-corrected chi connectivity index (χ1v) is 5.79. The largest absolute Gasteiger partial charge is 0.487 e. The van der Waals surface area contributed by atoms with Crippen LogP contribution in [0, 0.1) is 6.92 Å². The molecule has 3 nitrogen and oxygen atoms in total. The molecule has 0 fully saturated rings. The standard InChI is InChI=1S/C12H13NO2S/c1-9-11(13-12(14-2)16-9)8-15-10-6-4-3-5-7-10/h3-7H,8H2,1-2H3. The van der Waals surface area contributed by atoms with Gasteiger partial charge in [-0.1, -0.05) is 29.5 Å². The third-order valence-corrected chi connectivity index (χ3v) is 3.14. The molecule has 16 heavy (non-hydrogen) atoms. The average molecular weight is 235 g/mol. The van der Waals surface area contributed by atoms with Gasteiger partial charge in [0.1, 0.15) is 12.4 Å². The van der Waals surface area contributed by atoms with E-state index in [-0.39, 0.29) is 0 Å². The second kappa shape index (κ2) is 4.99. The molecule has 0 aliphatic carbocycles. The van der Waals surface area contributed by atoms with E-state index < -0.39 is 0 Å². The van der Waals surface area contributed by atoms with Crippen molar-refractivity contribution in [1.82, 2.24) is 4.98 Å². The summed E-state index contributed by atoms with van der Waals surface area (Å²) in [4.78, 5) is 5.45. The van der Waals surface area contributed by atoms with Crippen molar-refractivity contribution in [2.75, 3.05) is 7.11 Å². The molecule has 2 rings (SSSR count). The highest BCUT2D eigenvalue weighted by Gasteiger charge is 2.08. The van der Waals surface area contributed by atoms with Crippen LogP contribution < -0.4 is 9.47 Å². The summed E-state index contributed by atoms with van der Waals surface area (Å²) in [6.45, 7) is 2.50. The summed E-state index contributed by atoms with van der Waals surface area (Å²) in [7, 11) is 1.63. The quantitative estimate of drug-likeness (QED) is 0.816. The Bertz CT molecular complexity index is 453.